The number of hydrogen-bond acceptors (Lipinski definition) is 4. The highest BCUT2D eigenvalue weighted by atomic mass is 127. The van der Waals surface area contributed by atoms with Crippen LogP contribution >= 0.6 is 24.0 Å². The number of ether oxygens (including phenoxy) is 1. The standard InChI is InChI=1S/C19H30N4O3S.HI/c1-3-20-19(23-11-10-16(13-23)14-26-2)21-12-15-4-8-18(9-5-15)27(24,25)22-17-6-7-17;/h4-5,8-9,16-17,22H,3,6-7,10-14H2,1-2H3,(H,20,21);1H. The van der Waals surface area contributed by atoms with Gasteiger partial charge in [-0.25, -0.2) is 18.1 Å². The van der Waals surface area contributed by atoms with Gasteiger partial charge < -0.3 is 15.0 Å². The van der Waals surface area contributed by atoms with Gasteiger partial charge in [-0.2, -0.15) is 0 Å². The maximum absolute atomic E-state index is 12.2. The lowest BCUT2D eigenvalue weighted by Crippen LogP contribution is -2.40. The van der Waals surface area contributed by atoms with E-state index in [9.17, 15) is 8.42 Å². The Morgan fingerprint density at radius 2 is 1.96 bits per heavy atom. The number of sulfonamides is 1. The van der Waals surface area contributed by atoms with Crippen LogP contribution in [0.2, 0.25) is 0 Å². The molecule has 2 N–H and O–H groups in total. The van der Waals surface area contributed by atoms with Gasteiger partial charge in [0.05, 0.1) is 18.0 Å². The minimum absolute atomic E-state index is 0. The van der Waals surface area contributed by atoms with Crippen molar-refractivity contribution in [3.05, 3.63) is 29.8 Å². The monoisotopic (exact) mass is 522 g/mol. The van der Waals surface area contributed by atoms with E-state index in [-0.39, 0.29) is 30.0 Å². The zero-order valence-electron chi connectivity index (χ0n) is 16.6. The minimum Gasteiger partial charge on any atom is -0.384 e. The lowest BCUT2D eigenvalue weighted by molar-refractivity contribution is 0.157. The molecule has 1 aromatic rings. The molecule has 0 bridgehead atoms. The Hall–Kier alpha value is -0.910. The molecule has 7 nitrogen and oxygen atoms in total. The molecule has 1 saturated heterocycles. The summed E-state index contributed by atoms with van der Waals surface area (Å²) in [5.74, 6) is 1.45. The largest absolute Gasteiger partial charge is 0.384 e. The van der Waals surface area contributed by atoms with Crippen molar-refractivity contribution in [3.63, 3.8) is 0 Å². The molecule has 0 amide bonds. The first-order valence-corrected chi connectivity index (χ1v) is 11.1. The third-order valence-corrected chi connectivity index (χ3v) is 6.40. The van der Waals surface area contributed by atoms with Crippen LogP contribution < -0.4 is 10.0 Å². The number of hydrogen-bond donors (Lipinski definition) is 2. The molecule has 28 heavy (non-hydrogen) atoms. The fourth-order valence-corrected chi connectivity index (χ4v) is 4.56. The summed E-state index contributed by atoms with van der Waals surface area (Å²) < 4.78 is 32.4. The molecule has 9 heteroatoms. The van der Waals surface area contributed by atoms with Gasteiger partial charge in [-0.05, 0) is 43.9 Å². The first-order valence-electron chi connectivity index (χ1n) is 9.65. The summed E-state index contributed by atoms with van der Waals surface area (Å²) in [5, 5.41) is 3.35. The van der Waals surface area contributed by atoms with Crippen molar-refractivity contribution >= 4 is 40.0 Å². The number of guanidine groups is 1. The Morgan fingerprint density at radius 3 is 2.57 bits per heavy atom. The molecular formula is C19H31IN4O3S. The van der Waals surface area contributed by atoms with Crippen LogP contribution in [0.25, 0.3) is 0 Å². The Bertz CT molecular complexity index is 751. The van der Waals surface area contributed by atoms with E-state index in [0.717, 1.165) is 57.0 Å². The summed E-state index contributed by atoms with van der Waals surface area (Å²) in [6.07, 6.45) is 2.97. The van der Waals surface area contributed by atoms with Gasteiger partial charge in [0.15, 0.2) is 5.96 Å². The van der Waals surface area contributed by atoms with Crippen molar-refractivity contribution in [2.24, 2.45) is 10.9 Å². The first-order chi connectivity index (χ1) is 13.0. The van der Waals surface area contributed by atoms with E-state index in [0.29, 0.717) is 17.4 Å². The zero-order chi connectivity index (χ0) is 19.3. The molecule has 2 aliphatic rings. The van der Waals surface area contributed by atoms with Crippen molar-refractivity contribution in [1.29, 1.82) is 0 Å². The summed E-state index contributed by atoms with van der Waals surface area (Å²) in [4.78, 5) is 7.32. The Labute approximate surface area is 185 Å². The summed E-state index contributed by atoms with van der Waals surface area (Å²) >= 11 is 0. The van der Waals surface area contributed by atoms with E-state index >= 15 is 0 Å². The predicted molar refractivity (Wildman–Crippen MR) is 122 cm³/mol. The molecule has 0 radical (unpaired) electrons. The molecule has 0 aromatic heterocycles. The van der Waals surface area contributed by atoms with E-state index in [1.807, 2.05) is 12.1 Å². The quantitative estimate of drug-likeness (QED) is 0.311. The van der Waals surface area contributed by atoms with E-state index in [2.05, 4.69) is 21.9 Å². The van der Waals surface area contributed by atoms with Crippen LogP contribution in [0.1, 0.15) is 31.7 Å². The molecule has 2 fully saturated rings. The van der Waals surface area contributed by atoms with Crippen LogP contribution in [0.3, 0.4) is 0 Å². The van der Waals surface area contributed by atoms with E-state index in [4.69, 9.17) is 9.73 Å². The SMILES string of the molecule is CCNC(=NCc1ccc(S(=O)(=O)NC2CC2)cc1)N1CCC(COC)C1.I. The summed E-state index contributed by atoms with van der Waals surface area (Å²) in [5.41, 5.74) is 0.989. The Kier molecular flexibility index (Phi) is 8.97. The molecular weight excluding hydrogens is 491 g/mol. The molecule has 1 aliphatic carbocycles. The number of aliphatic imine (C=N–C) groups is 1. The minimum atomic E-state index is -3.40. The topological polar surface area (TPSA) is 83.0 Å². The number of nitrogens with one attached hydrogen (secondary N) is 2. The number of methoxy groups -OCH3 is 1. The van der Waals surface area contributed by atoms with Gasteiger partial charge in [0, 0.05) is 38.7 Å². The third-order valence-electron chi connectivity index (χ3n) is 4.87. The van der Waals surface area contributed by atoms with Crippen molar-refractivity contribution in [1.82, 2.24) is 14.9 Å². The second kappa shape index (κ2) is 10.7. The number of benzene rings is 1. The highest BCUT2D eigenvalue weighted by Gasteiger charge is 2.28. The smallest absolute Gasteiger partial charge is 0.240 e. The van der Waals surface area contributed by atoms with Crippen molar-refractivity contribution < 1.29 is 13.2 Å². The maximum Gasteiger partial charge on any atom is 0.240 e. The summed E-state index contributed by atoms with van der Waals surface area (Å²) in [6.45, 7) is 6.09. The Balaban J connectivity index is 0.00000280. The van der Waals surface area contributed by atoms with Gasteiger partial charge in [0.1, 0.15) is 0 Å². The summed E-state index contributed by atoms with van der Waals surface area (Å²) in [7, 11) is -1.65. The number of halogens is 1. The van der Waals surface area contributed by atoms with E-state index in [1.165, 1.54) is 0 Å². The predicted octanol–water partition coefficient (Wildman–Crippen LogP) is 2.18. The third kappa shape index (κ3) is 6.57. The number of rotatable bonds is 8. The normalized spacial score (nSPS) is 20.1. The second-order valence-electron chi connectivity index (χ2n) is 7.27. The van der Waals surface area contributed by atoms with Crippen LogP contribution in [-0.2, 0) is 21.3 Å². The van der Waals surface area contributed by atoms with Crippen LogP contribution in [0.15, 0.2) is 34.2 Å². The average Bonchev–Trinajstić information content (AvgIpc) is 3.33. The fourth-order valence-electron chi connectivity index (χ4n) is 3.25. The first kappa shape index (κ1) is 23.4. The highest BCUT2D eigenvalue weighted by molar-refractivity contribution is 14.0. The number of nitrogens with zero attached hydrogens (tertiary/aromatic N) is 2. The molecule has 1 aromatic carbocycles. The van der Waals surface area contributed by atoms with Crippen molar-refractivity contribution in [2.45, 2.75) is 43.7 Å². The molecule has 0 spiro atoms. The lowest BCUT2D eigenvalue weighted by Gasteiger charge is -2.21. The molecule has 1 aliphatic heterocycles. The van der Waals surface area contributed by atoms with Crippen LogP contribution in [0.4, 0.5) is 0 Å². The molecule has 158 valence electrons. The molecule has 1 heterocycles. The Morgan fingerprint density at radius 1 is 1.25 bits per heavy atom. The van der Waals surface area contributed by atoms with Crippen LogP contribution in [0, 0.1) is 5.92 Å². The van der Waals surface area contributed by atoms with E-state index in [1.54, 1.807) is 19.2 Å². The number of likely N-dealkylation sites (tertiary alicyclic amines) is 1. The molecule has 1 unspecified atom stereocenters. The summed E-state index contributed by atoms with van der Waals surface area (Å²) in [6, 6.07) is 7.11. The van der Waals surface area contributed by atoms with Gasteiger partial charge in [-0.1, -0.05) is 12.1 Å². The molecule has 1 saturated carbocycles. The molecule has 3 rings (SSSR count). The van der Waals surface area contributed by atoms with Crippen LogP contribution in [-0.4, -0.2) is 58.7 Å². The van der Waals surface area contributed by atoms with Gasteiger partial charge in [-0.15, -0.1) is 24.0 Å². The fraction of sp³-hybridized carbons (Fsp3) is 0.632. The van der Waals surface area contributed by atoms with Gasteiger partial charge in [-0.3, -0.25) is 0 Å². The second-order valence-corrected chi connectivity index (χ2v) is 8.98. The van der Waals surface area contributed by atoms with E-state index < -0.39 is 10.0 Å². The van der Waals surface area contributed by atoms with Crippen molar-refractivity contribution in [2.75, 3.05) is 33.4 Å². The zero-order valence-corrected chi connectivity index (χ0v) is 19.7. The van der Waals surface area contributed by atoms with Crippen molar-refractivity contribution in [3.8, 4) is 0 Å². The molecule has 1 atom stereocenters. The van der Waals surface area contributed by atoms with Gasteiger partial charge >= 0.3 is 0 Å². The van der Waals surface area contributed by atoms with Gasteiger partial charge in [0.25, 0.3) is 0 Å². The average molecular weight is 522 g/mol. The van der Waals surface area contributed by atoms with Gasteiger partial charge in [0.2, 0.25) is 10.0 Å². The lowest BCUT2D eigenvalue weighted by atomic mass is 10.1. The maximum atomic E-state index is 12.2. The highest BCUT2D eigenvalue weighted by Crippen LogP contribution is 2.22. The van der Waals surface area contributed by atoms with Crippen LogP contribution in [0.5, 0.6) is 0 Å².